The Balaban J connectivity index is 1.71. The van der Waals surface area contributed by atoms with Crippen LogP contribution >= 0.6 is 0 Å². The molecule has 1 N–H and O–H groups in total. The first-order valence-electron chi connectivity index (χ1n) is 7.93. The fourth-order valence-corrected chi connectivity index (χ4v) is 2.47. The van der Waals surface area contributed by atoms with E-state index in [4.69, 9.17) is 14.0 Å². The van der Waals surface area contributed by atoms with Gasteiger partial charge in [0, 0.05) is 18.2 Å². The second-order valence-corrected chi connectivity index (χ2v) is 5.60. The molecule has 0 aliphatic heterocycles. The van der Waals surface area contributed by atoms with E-state index in [-0.39, 0.29) is 23.7 Å². The van der Waals surface area contributed by atoms with Crippen molar-refractivity contribution in [2.45, 2.75) is 6.42 Å². The van der Waals surface area contributed by atoms with Crippen LogP contribution in [0.4, 0.5) is 14.5 Å². The normalized spacial score (nSPS) is 10.5. The van der Waals surface area contributed by atoms with Gasteiger partial charge >= 0.3 is 0 Å². The maximum atomic E-state index is 13.8. The SMILES string of the molecule is COc1ccc(NC(=O)Cc2cc(-c3ccc(F)cc3F)on2)c(OC)c1. The van der Waals surface area contributed by atoms with Gasteiger partial charge in [0.1, 0.15) is 23.1 Å². The summed E-state index contributed by atoms with van der Waals surface area (Å²) in [5.41, 5.74) is 0.836. The van der Waals surface area contributed by atoms with Crippen LogP contribution in [0.5, 0.6) is 11.5 Å². The summed E-state index contributed by atoms with van der Waals surface area (Å²) in [7, 11) is 3.00. The number of methoxy groups -OCH3 is 2. The van der Waals surface area contributed by atoms with E-state index < -0.39 is 11.6 Å². The van der Waals surface area contributed by atoms with E-state index in [0.717, 1.165) is 12.1 Å². The van der Waals surface area contributed by atoms with Crippen molar-refractivity contribution in [3.05, 3.63) is 59.8 Å². The molecule has 3 aromatic rings. The van der Waals surface area contributed by atoms with E-state index >= 15 is 0 Å². The molecule has 2 aromatic carbocycles. The van der Waals surface area contributed by atoms with Crippen molar-refractivity contribution in [2.24, 2.45) is 0 Å². The number of hydrogen-bond donors (Lipinski definition) is 1. The standard InChI is InChI=1S/C19H16F2N2O4/c1-25-13-4-6-16(18(10-13)26-2)22-19(24)9-12-8-17(27-23-12)14-5-3-11(20)7-15(14)21/h3-8,10H,9H2,1-2H3,(H,22,24). The van der Waals surface area contributed by atoms with Crippen LogP contribution in [-0.4, -0.2) is 25.3 Å². The van der Waals surface area contributed by atoms with E-state index in [2.05, 4.69) is 10.5 Å². The topological polar surface area (TPSA) is 73.6 Å². The summed E-state index contributed by atoms with van der Waals surface area (Å²) in [4.78, 5) is 12.3. The Bertz CT molecular complexity index is 972. The molecular weight excluding hydrogens is 358 g/mol. The molecule has 0 saturated carbocycles. The highest BCUT2D eigenvalue weighted by Gasteiger charge is 2.15. The van der Waals surface area contributed by atoms with Crippen LogP contribution in [0.1, 0.15) is 5.69 Å². The molecule has 1 heterocycles. The average Bonchev–Trinajstić information content (AvgIpc) is 3.09. The number of anilines is 1. The summed E-state index contributed by atoms with van der Waals surface area (Å²) in [5, 5.41) is 6.46. The number of nitrogens with one attached hydrogen (secondary N) is 1. The van der Waals surface area contributed by atoms with Gasteiger partial charge in [0.05, 0.1) is 37.6 Å². The molecule has 6 nitrogen and oxygen atoms in total. The number of amides is 1. The van der Waals surface area contributed by atoms with Crippen LogP contribution in [0.2, 0.25) is 0 Å². The summed E-state index contributed by atoms with van der Waals surface area (Å²) >= 11 is 0. The van der Waals surface area contributed by atoms with E-state index in [1.807, 2.05) is 0 Å². The van der Waals surface area contributed by atoms with Gasteiger partial charge in [0.2, 0.25) is 5.91 Å². The quantitative estimate of drug-likeness (QED) is 0.710. The highest BCUT2D eigenvalue weighted by atomic mass is 19.1. The summed E-state index contributed by atoms with van der Waals surface area (Å²) < 4.78 is 42.2. The number of hydrogen-bond acceptors (Lipinski definition) is 5. The first-order valence-corrected chi connectivity index (χ1v) is 7.93. The molecule has 0 aliphatic rings. The molecular formula is C19H16F2N2O4. The van der Waals surface area contributed by atoms with Crippen molar-refractivity contribution in [1.29, 1.82) is 0 Å². The van der Waals surface area contributed by atoms with Crippen LogP contribution < -0.4 is 14.8 Å². The van der Waals surface area contributed by atoms with Crippen molar-refractivity contribution in [3.63, 3.8) is 0 Å². The zero-order chi connectivity index (χ0) is 19.4. The summed E-state index contributed by atoms with van der Waals surface area (Å²) in [6.45, 7) is 0. The van der Waals surface area contributed by atoms with Gasteiger partial charge in [-0.1, -0.05) is 5.16 Å². The molecule has 1 aromatic heterocycles. The van der Waals surface area contributed by atoms with Crippen molar-refractivity contribution in [3.8, 4) is 22.8 Å². The number of benzene rings is 2. The Morgan fingerprint density at radius 1 is 1.11 bits per heavy atom. The summed E-state index contributed by atoms with van der Waals surface area (Å²) in [5.74, 6) is -0.687. The van der Waals surface area contributed by atoms with E-state index in [1.54, 1.807) is 18.2 Å². The number of ether oxygens (including phenoxy) is 2. The smallest absolute Gasteiger partial charge is 0.230 e. The zero-order valence-electron chi connectivity index (χ0n) is 14.6. The summed E-state index contributed by atoms with van der Waals surface area (Å²) in [6.07, 6.45) is -0.0957. The fourth-order valence-electron chi connectivity index (χ4n) is 2.47. The van der Waals surface area contributed by atoms with Gasteiger partial charge in [0.25, 0.3) is 0 Å². The van der Waals surface area contributed by atoms with Crippen LogP contribution in [-0.2, 0) is 11.2 Å². The third-order valence-corrected chi connectivity index (χ3v) is 3.78. The lowest BCUT2D eigenvalue weighted by Gasteiger charge is -2.11. The Kier molecular flexibility index (Phi) is 5.35. The largest absolute Gasteiger partial charge is 0.497 e. The zero-order valence-corrected chi connectivity index (χ0v) is 14.6. The molecule has 0 aliphatic carbocycles. The van der Waals surface area contributed by atoms with Crippen molar-refractivity contribution < 1.29 is 27.6 Å². The van der Waals surface area contributed by atoms with E-state index in [0.29, 0.717) is 22.9 Å². The molecule has 0 fully saturated rings. The second kappa shape index (κ2) is 7.86. The Hall–Kier alpha value is -3.42. The third kappa shape index (κ3) is 4.22. The average molecular weight is 374 g/mol. The van der Waals surface area contributed by atoms with Gasteiger partial charge < -0.3 is 19.3 Å². The van der Waals surface area contributed by atoms with Crippen LogP contribution in [0, 0.1) is 11.6 Å². The first kappa shape index (κ1) is 18.4. The molecule has 1 amide bonds. The second-order valence-electron chi connectivity index (χ2n) is 5.60. The molecule has 0 atom stereocenters. The molecule has 0 radical (unpaired) electrons. The Labute approximate surface area is 153 Å². The van der Waals surface area contributed by atoms with Gasteiger partial charge in [-0.25, -0.2) is 8.78 Å². The number of rotatable bonds is 6. The van der Waals surface area contributed by atoms with Crippen LogP contribution in [0.15, 0.2) is 47.0 Å². The van der Waals surface area contributed by atoms with Gasteiger partial charge in [0.15, 0.2) is 5.76 Å². The highest BCUT2D eigenvalue weighted by Crippen LogP contribution is 2.29. The maximum absolute atomic E-state index is 13.8. The number of carbonyl (C=O) groups excluding carboxylic acids is 1. The lowest BCUT2D eigenvalue weighted by atomic mass is 10.1. The Morgan fingerprint density at radius 2 is 1.93 bits per heavy atom. The van der Waals surface area contributed by atoms with Crippen molar-refractivity contribution in [2.75, 3.05) is 19.5 Å². The molecule has 3 rings (SSSR count). The summed E-state index contributed by atoms with van der Waals surface area (Å²) in [6, 6.07) is 9.52. The van der Waals surface area contributed by atoms with Crippen molar-refractivity contribution in [1.82, 2.24) is 5.16 Å². The molecule has 0 unspecified atom stereocenters. The maximum Gasteiger partial charge on any atom is 0.230 e. The molecule has 0 saturated heterocycles. The van der Waals surface area contributed by atoms with Crippen LogP contribution in [0.3, 0.4) is 0 Å². The lowest BCUT2D eigenvalue weighted by molar-refractivity contribution is -0.115. The monoisotopic (exact) mass is 374 g/mol. The predicted molar refractivity (Wildman–Crippen MR) is 93.7 cm³/mol. The van der Waals surface area contributed by atoms with Gasteiger partial charge in [-0.3, -0.25) is 4.79 Å². The molecule has 8 heteroatoms. The minimum absolute atomic E-state index is 0.0624. The van der Waals surface area contributed by atoms with Gasteiger partial charge in [-0.15, -0.1) is 0 Å². The fraction of sp³-hybridized carbons (Fsp3) is 0.158. The third-order valence-electron chi connectivity index (χ3n) is 3.78. The van der Waals surface area contributed by atoms with Crippen LogP contribution in [0.25, 0.3) is 11.3 Å². The predicted octanol–water partition coefficient (Wildman–Crippen LogP) is 3.82. The van der Waals surface area contributed by atoms with E-state index in [1.165, 1.54) is 26.4 Å². The molecule has 0 spiro atoms. The first-order chi connectivity index (χ1) is 13.0. The van der Waals surface area contributed by atoms with E-state index in [9.17, 15) is 13.6 Å². The molecule has 27 heavy (non-hydrogen) atoms. The molecule has 0 bridgehead atoms. The molecule has 140 valence electrons. The highest BCUT2D eigenvalue weighted by molar-refractivity contribution is 5.93. The number of halogens is 2. The minimum atomic E-state index is -0.773. The van der Waals surface area contributed by atoms with Gasteiger partial charge in [-0.05, 0) is 24.3 Å². The van der Waals surface area contributed by atoms with Gasteiger partial charge in [-0.2, -0.15) is 0 Å². The minimum Gasteiger partial charge on any atom is -0.497 e. The number of aromatic nitrogens is 1. The number of carbonyl (C=O) groups is 1. The van der Waals surface area contributed by atoms with Crippen molar-refractivity contribution >= 4 is 11.6 Å². The Morgan fingerprint density at radius 3 is 2.63 bits per heavy atom. The lowest BCUT2D eigenvalue weighted by Crippen LogP contribution is -2.15. The number of nitrogens with zero attached hydrogens (tertiary/aromatic N) is 1.